The predicted octanol–water partition coefficient (Wildman–Crippen LogP) is 3.49. The Bertz CT molecular complexity index is 923. The third-order valence-electron chi connectivity index (χ3n) is 3.49. The van der Waals surface area contributed by atoms with Gasteiger partial charge in [-0.05, 0) is 11.6 Å². The first kappa shape index (κ1) is 16.1. The van der Waals surface area contributed by atoms with Crippen LogP contribution in [0.15, 0.2) is 60.9 Å². The molecule has 0 aliphatic rings. The fraction of sp³-hybridized carbons (Fsp3) is 0.0625. The zero-order chi connectivity index (χ0) is 17.8. The first-order chi connectivity index (χ1) is 12.0. The predicted molar refractivity (Wildman–Crippen MR) is 90.8 cm³/mol. The zero-order valence-electron chi connectivity index (χ0n) is 12.9. The minimum atomic E-state index is -0.672. The highest BCUT2D eigenvalue weighted by Gasteiger charge is 2.19. The van der Waals surface area contributed by atoms with Crippen molar-refractivity contribution in [3.63, 3.8) is 0 Å². The van der Waals surface area contributed by atoms with Crippen LogP contribution in [0.2, 0.25) is 0 Å². The lowest BCUT2D eigenvalue weighted by atomic mass is 10.2. The molecule has 0 unspecified atom stereocenters. The number of nitrogens with zero attached hydrogens (tertiary/aromatic N) is 4. The van der Waals surface area contributed by atoms with E-state index in [1.54, 1.807) is 10.9 Å². The summed E-state index contributed by atoms with van der Waals surface area (Å²) >= 11 is 0. The van der Waals surface area contributed by atoms with Gasteiger partial charge in [0.25, 0.3) is 11.4 Å². The van der Waals surface area contributed by atoms with Gasteiger partial charge >= 0.3 is 0 Å². The molecule has 0 amide bonds. The van der Waals surface area contributed by atoms with E-state index in [0.29, 0.717) is 12.2 Å². The van der Waals surface area contributed by atoms with Crippen molar-refractivity contribution < 1.29 is 9.85 Å². The molecule has 25 heavy (non-hydrogen) atoms. The molecule has 1 N–H and O–H groups in total. The molecular formula is C16H13N5O4. The van der Waals surface area contributed by atoms with Gasteiger partial charge in [0.15, 0.2) is 0 Å². The number of anilines is 2. The van der Waals surface area contributed by atoms with Gasteiger partial charge in [-0.25, -0.2) is 0 Å². The third-order valence-corrected chi connectivity index (χ3v) is 3.49. The molecule has 9 nitrogen and oxygen atoms in total. The molecular weight excluding hydrogens is 326 g/mol. The Hall–Kier alpha value is -3.75. The fourth-order valence-electron chi connectivity index (χ4n) is 2.33. The first-order valence-corrected chi connectivity index (χ1v) is 7.29. The van der Waals surface area contributed by atoms with E-state index in [-0.39, 0.29) is 17.1 Å². The lowest BCUT2D eigenvalue weighted by Gasteiger charge is -2.04. The molecule has 0 saturated carbocycles. The minimum Gasteiger partial charge on any atom is -0.347 e. The summed E-state index contributed by atoms with van der Waals surface area (Å²) in [4.78, 5) is 20.6. The average Bonchev–Trinajstić information content (AvgIpc) is 3.02. The summed E-state index contributed by atoms with van der Waals surface area (Å²) in [5.74, 6) is 0. The summed E-state index contributed by atoms with van der Waals surface area (Å²) in [6.07, 6.45) is 3.24. The maximum Gasteiger partial charge on any atom is 0.299 e. The lowest BCUT2D eigenvalue weighted by molar-refractivity contribution is -0.393. The van der Waals surface area contributed by atoms with E-state index in [2.05, 4.69) is 10.4 Å². The van der Waals surface area contributed by atoms with Crippen molar-refractivity contribution in [1.29, 1.82) is 0 Å². The Morgan fingerprint density at radius 1 is 1.04 bits per heavy atom. The van der Waals surface area contributed by atoms with Gasteiger partial charge in [0.1, 0.15) is 5.69 Å². The number of nitro groups is 2. The smallest absolute Gasteiger partial charge is 0.299 e. The molecule has 0 bridgehead atoms. The van der Waals surface area contributed by atoms with E-state index in [9.17, 15) is 20.2 Å². The van der Waals surface area contributed by atoms with Crippen LogP contribution in [0.25, 0.3) is 0 Å². The van der Waals surface area contributed by atoms with Crippen molar-refractivity contribution in [2.24, 2.45) is 0 Å². The van der Waals surface area contributed by atoms with Crippen LogP contribution < -0.4 is 5.32 Å². The molecule has 9 heteroatoms. The second-order valence-electron chi connectivity index (χ2n) is 5.25. The standard InChI is InChI=1S/C16H13N5O4/c22-20(23)14-6-7-15(16(8-14)21(24)25)18-13-9-17-19(11-13)10-12-4-2-1-3-5-12/h1-9,11,18H,10H2. The monoisotopic (exact) mass is 339 g/mol. The van der Waals surface area contributed by atoms with Gasteiger partial charge in [0.2, 0.25) is 0 Å². The van der Waals surface area contributed by atoms with Crippen molar-refractivity contribution in [1.82, 2.24) is 9.78 Å². The molecule has 1 aromatic heterocycles. The number of benzene rings is 2. The molecule has 0 atom stereocenters. The van der Waals surface area contributed by atoms with Gasteiger partial charge in [-0.3, -0.25) is 24.9 Å². The van der Waals surface area contributed by atoms with E-state index in [1.165, 1.54) is 18.3 Å². The van der Waals surface area contributed by atoms with Crippen molar-refractivity contribution in [2.45, 2.75) is 6.54 Å². The van der Waals surface area contributed by atoms with Crippen LogP contribution >= 0.6 is 0 Å². The largest absolute Gasteiger partial charge is 0.347 e. The van der Waals surface area contributed by atoms with Gasteiger partial charge in [-0.15, -0.1) is 0 Å². The van der Waals surface area contributed by atoms with E-state index in [0.717, 1.165) is 11.6 Å². The van der Waals surface area contributed by atoms with Gasteiger partial charge in [-0.2, -0.15) is 5.10 Å². The van der Waals surface area contributed by atoms with Gasteiger partial charge in [0.05, 0.1) is 34.3 Å². The Morgan fingerprint density at radius 3 is 2.48 bits per heavy atom. The number of nitro benzene ring substituents is 2. The number of hydrogen-bond donors (Lipinski definition) is 1. The first-order valence-electron chi connectivity index (χ1n) is 7.29. The Labute approximate surface area is 141 Å². The number of rotatable bonds is 6. The molecule has 0 fully saturated rings. The number of hydrogen-bond acceptors (Lipinski definition) is 6. The van der Waals surface area contributed by atoms with Crippen LogP contribution in [-0.4, -0.2) is 19.6 Å². The van der Waals surface area contributed by atoms with Gasteiger partial charge < -0.3 is 5.32 Å². The molecule has 126 valence electrons. The van der Waals surface area contributed by atoms with Crippen molar-refractivity contribution >= 4 is 22.7 Å². The summed E-state index contributed by atoms with van der Waals surface area (Å²) in [6, 6.07) is 13.2. The molecule has 3 rings (SSSR count). The van der Waals surface area contributed by atoms with Crippen LogP contribution in [0, 0.1) is 20.2 Å². The van der Waals surface area contributed by atoms with Crippen molar-refractivity contribution in [2.75, 3.05) is 5.32 Å². The molecule has 2 aromatic carbocycles. The summed E-state index contributed by atoms with van der Waals surface area (Å²) in [5.41, 5.74) is 1.07. The van der Waals surface area contributed by atoms with Crippen LogP contribution in [0.5, 0.6) is 0 Å². The van der Waals surface area contributed by atoms with Crippen molar-refractivity contribution in [3.8, 4) is 0 Å². The normalized spacial score (nSPS) is 10.4. The quantitative estimate of drug-likeness (QED) is 0.543. The molecule has 0 aliphatic heterocycles. The summed E-state index contributed by atoms with van der Waals surface area (Å²) in [7, 11) is 0. The maximum atomic E-state index is 11.2. The summed E-state index contributed by atoms with van der Waals surface area (Å²) < 4.78 is 1.69. The van der Waals surface area contributed by atoms with Gasteiger partial charge in [-0.1, -0.05) is 30.3 Å². The zero-order valence-corrected chi connectivity index (χ0v) is 12.9. The second-order valence-corrected chi connectivity index (χ2v) is 5.25. The highest BCUT2D eigenvalue weighted by atomic mass is 16.6. The molecule has 0 saturated heterocycles. The Balaban J connectivity index is 1.81. The fourth-order valence-corrected chi connectivity index (χ4v) is 2.33. The molecule has 0 radical (unpaired) electrons. The maximum absolute atomic E-state index is 11.2. The van der Waals surface area contributed by atoms with Crippen LogP contribution in [0.3, 0.4) is 0 Å². The van der Waals surface area contributed by atoms with E-state index >= 15 is 0 Å². The van der Waals surface area contributed by atoms with Gasteiger partial charge in [0, 0.05) is 12.3 Å². The minimum absolute atomic E-state index is 0.162. The highest BCUT2D eigenvalue weighted by molar-refractivity contribution is 5.71. The van der Waals surface area contributed by atoms with E-state index < -0.39 is 9.85 Å². The number of non-ortho nitro benzene ring substituents is 1. The van der Waals surface area contributed by atoms with Crippen molar-refractivity contribution in [3.05, 3.63) is 86.7 Å². The van der Waals surface area contributed by atoms with Crippen LogP contribution in [0.1, 0.15) is 5.56 Å². The molecule has 1 heterocycles. The number of aromatic nitrogens is 2. The lowest BCUT2D eigenvalue weighted by Crippen LogP contribution is -2.00. The molecule has 3 aromatic rings. The Morgan fingerprint density at radius 2 is 1.80 bits per heavy atom. The summed E-state index contributed by atoms with van der Waals surface area (Å²) in [5, 5.41) is 29.0. The SMILES string of the molecule is O=[N+]([O-])c1ccc(Nc2cnn(Cc3ccccc3)c2)c([N+](=O)[O-])c1. The molecule has 0 aliphatic carbocycles. The third kappa shape index (κ3) is 3.78. The average molecular weight is 339 g/mol. The van der Waals surface area contributed by atoms with E-state index in [1.807, 2.05) is 30.3 Å². The Kier molecular flexibility index (Phi) is 4.38. The molecule has 0 spiro atoms. The topological polar surface area (TPSA) is 116 Å². The van der Waals surface area contributed by atoms with Crippen LogP contribution in [0.4, 0.5) is 22.7 Å². The second kappa shape index (κ2) is 6.79. The van der Waals surface area contributed by atoms with Crippen LogP contribution in [-0.2, 0) is 6.54 Å². The van der Waals surface area contributed by atoms with E-state index in [4.69, 9.17) is 0 Å². The number of nitrogens with one attached hydrogen (secondary N) is 1. The summed E-state index contributed by atoms with van der Waals surface area (Å²) in [6.45, 7) is 0.560. The highest BCUT2D eigenvalue weighted by Crippen LogP contribution is 2.31.